The van der Waals surface area contributed by atoms with E-state index in [2.05, 4.69) is 5.32 Å². The number of hydrogen-bond acceptors (Lipinski definition) is 3. The van der Waals surface area contributed by atoms with Crippen LogP contribution in [-0.2, 0) is 16.0 Å². The number of ether oxygens (including phenoxy) is 1. The summed E-state index contributed by atoms with van der Waals surface area (Å²) in [4.78, 5) is 11.8. The fourth-order valence-electron chi connectivity index (χ4n) is 1.97. The molecule has 20 heavy (non-hydrogen) atoms. The number of carbonyl (C=O) groups is 1. The van der Waals surface area contributed by atoms with Gasteiger partial charge in [-0.3, -0.25) is 4.79 Å². The summed E-state index contributed by atoms with van der Waals surface area (Å²) in [6.07, 6.45) is 2.56. The van der Waals surface area contributed by atoms with Crippen LogP contribution in [-0.4, -0.2) is 19.6 Å². The highest BCUT2D eigenvalue weighted by atomic mass is 16.5. The highest BCUT2D eigenvalue weighted by molar-refractivity contribution is 5.76. The second-order valence-corrected chi connectivity index (χ2v) is 4.53. The largest absolute Gasteiger partial charge is 0.467 e. The highest BCUT2D eigenvalue weighted by Gasteiger charge is 2.14. The van der Waals surface area contributed by atoms with Crippen LogP contribution in [0.2, 0.25) is 0 Å². The molecule has 0 saturated carbocycles. The van der Waals surface area contributed by atoms with Crippen molar-refractivity contribution in [1.82, 2.24) is 5.32 Å². The first-order valence-corrected chi connectivity index (χ1v) is 6.66. The molecule has 106 valence electrons. The van der Waals surface area contributed by atoms with Crippen LogP contribution in [0.4, 0.5) is 0 Å². The molecule has 4 heteroatoms. The van der Waals surface area contributed by atoms with Crippen molar-refractivity contribution in [3.63, 3.8) is 0 Å². The highest BCUT2D eigenvalue weighted by Crippen LogP contribution is 2.15. The quantitative estimate of drug-likeness (QED) is 0.844. The smallest absolute Gasteiger partial charge is 0.220 e. The zero-order chi connectivity index (χ0) is 14.2. The maximum atomic E-state index is 11.8. The van der Waals surface area contributed by atoms with Gasteiger partial charge >= 0.3 is 0 Å². The van der Waals surface area contributed by atoms with Gasteiger partial charge in [0.1, 0.15) is 11.9 Å². The van der Waals surface area contributed by atoms with Gasteiger partial charge in [0, 0.05) is 13.5 Å². The predicted octanol–water partition coefficient (Wildman–Crippen LogP) is 2.72. The predicted molar refractivity (Wildman–Crippen MR) is 76.2 cm³/mol. The molecule has 2 rings (SSSR count). The van der Waals surface area contributed by atoms with Crippen molar-refractivity contribution in [2.24, 2.45) is 0 Å². The van der Waals surface area contributed by atoms with Crippen molar-refractivity contribution >= 4 is 5.91 Å². The van der Waals surface area contributed by atoms with Gasteiger partial charge in [-0.15, -0.1) is 0 Å². The lowest BCUT2D eigenvalue weighted by Crippen LogP contribution is -2.29. The van der Waals surface area contributed by atoms with E-state index in [9.17, 15) is 4.79 Å². The Morgan fingerprint density at radius 3 is 2.70 bits per heavy atom. The normalized spacial score (nSPS) is 12.1. The zero-order valence-electron chi connectivity index (χ0n) is 11.5. The summed E-state index contributed by atoms with van der Waals surface area (Å²) in [5.41, 5.74) is 1.16. The van der Waals surface area contributed by atoms with Gasteiger partial charge in [0.15, 0.2) is 0 Å². The Labute approximate surface area is 118 Å². The standard InChI is InChI=1S/C16H19NO3/c1-19-15(14-8-5-11-20-14)12-17-16(18)10-9-13-6-3-2-4-7-13/h2-8,11,15H,9-10,12H2,1H3,(H,17,18). The van der Waals surface area contributed by atoms with Crippen LogP contribution >= 0.6 is 0 Å². The molecule has 4 nitrogen and oxygen atoms in total. The summed E-state index contributed by atoms with van der Waals surface area (Å²) in [5, 5.41) is 2.87. The summed E-state index contributed by atoms with van der Waals surface area (Å²) in [6, 6.07) is 13.6. The van der Waals surface area contributed by atoms with Crippen molar-refractivity contribution in [3.05, 3.63) is 60.1 Å². The first-order valence-electron chi connectivity index (χ1n) is 6.66. The van der Waals surface area contributed by atoms with E-state index in [1.807, 2.05) is 36.4 Å². The Bertz CT molecular complexity index is 508. The average Bonchev–Trinajstić information content (AvgIpc) is 3.01. The number of methoxy groups -OCH3 is 1. The van der Waals surface area contributed by atoms with E-state index in [1.54, 1.807) is 19.4 Å². The van der Waals surface area contributed by atoms with E-state index in [4.69, 9.17) is 9.15 Å². The second kappa shape index (κ2) is 7.50. The second-order valence-electron chi connectivity index (χ2n) is 4.53. The zero-order valence-corrected chi connectivity index (χ0v) is 11.5. The van der Waals surface area contributed by atoms with Gasteiger partial charge in [0.05, 0.1) is 12.8 Å². The maximum absolute atomic E-state index is 11.8. The molecular formula is C16H19NO3. The molecule has 1 N–H and O–H groups in total. The lowest BCUT2D eigenvalue weighted by atomic mass is 10.1. The van der Waals surface area contributed by atoms with Crippen molar-refractivity contribution in [2.45, 2.75) is 18.9 Å². The molecule has 1 aromatic heterocycles. The van der Waals surface area contributed by atoms with Crippen LogP contribution in [0.25, 0.3) is 0 Å². The minimum absolute atomic E-state index is 0.0162. The van der Waals surface area contributed by atoms with Crippen LogP contribution in [0, 0.1) is 0 Å². The molecule has 0 aliphatic carbocycles. The summed E-state index contributed by atoms with van der Waals surface area (Å²) >= 11 is 0. The first-order chi connectivity index (χ1) is 9.79. The van der Waals surface area contributed by atoms with Crippen LogP contribution in [0.15, 0.2) is 53.1 Å². The van der Waals surface area contributed by atoms with Crippen LogP contribution in [0.3, 0.4) is 0 Å². The minimum Gasteiger partial charge on any atom is -0.467 e. The van der Waals surface area contributed by atoms with Gasteiger partial charge in [0.25, 0.3) is 0 Å². The van der Waals surface area contributed by atoms with Crippen LogP contribution < -0.4 is 5.32 Å². The molecule has 1 amide bonds. The number of rotatable bonds is 7. The molecule has 1 unspecified atom stereocenters. The molecule has 0 spiro atoms. The van der Waals surface area contributed by atoms with E-state index < -0.39 is 0 Å². The number of nitrogens with one attached hydrogen (secondary N) is 1. The van der Waals surface area contributed by atoms with E-state index in [0.29, 0.717) is 13.0 Å². The Morgan fingerprint density at radius 1 is 1.25 bits per heavy atom. The third-order valence-electron chi connectivity index (χ3n) is 3.11. The number of hydrogen-bond donors (Lipinski definition) is 1. The number of carbonyl (C=O) groups excluding carboxylic acids is 1. The third kappa shape index (κ3) is 4.24. The van der Waals surface area contributed by atoms with Gasteiger partial charge in [0.2, 0.25) is 5.91 Å². The summed E-state index contributed by atoms with van der Waals surface area (Å²) in [6.45, 7) is 0.414. The molecule has 0 bridgehead atoms. The van der Waals surface area contributed by atoms with Crippen molar-refractivity contribution in [1.29, 1.82) is 0 Å². The molecule has 0 saturated heterocycles. The Balaban J connectivity index is 1.74. The molecule has 0 fully saturated rings. The van der Waals surface area contributed by atoms with E-state index in [0.717, 1.165) is 17.7 Å². The summed E-state index contributed by atoms with van der Waals surface area (Å²) < 4.78 is 10.6. The molecule has 1 atom stereocenters. The third-order valence-corrected chi connectivity index (χ3v) is 3.11. The average molecular weight is 273 g/mol. The molecule has 1 heterocycles. The minimum atomic E-state index is -0.245. The maximum Gasteiger partial charge on any atom is 0.220 e. The first kappa shape index (κ1) is 14.3. The number of amides is 1. The Kier molecular flexibility index (Phi) is 5.38. The number of furan rings is 1. The van der Waals surface area contributed by atoms with E-state index in [1.165, 1.54) is 0 Å². The molecule has 1 aromatic carbocycles. The lowest BCUT2D eigenvalue weighted by Gasteiger charge is -2.13. The fraction of sp³-hybridized carbons (Fsp3) is 0.312. The van der Waals surface area contributed by atoms with Crippen molar-refractivity contribution in [3.8, 4) is 0 Å². The van der Waals surface area contributed by atoms with Crippen LogP contribution in [0.1, 0.15) is 23.8 Å². The lowest BCUT2D eigenvalue weighted by molar-refractivity contribution is -0.121. The fourth-order valence-corrected chi connectivity index (χ4v) is 1.97. The van der Waals surface area contributed by atoms with Gasteiger partial charge in [-0.1, -0.05) is 30.3 Å². The summed E-state index contributed by atoms with van der Waals surface area (Å²) in [7, 11) is 1.60. The molecule has 2 aromatic rings. The topological polar surface area (TPSA) is 51.5 Å². The van der Waals surface area contributed by atoms with Gasteiger partial charge < -0.3 is 14.5 Å². The van der Waals surface area contributed by atoms with Gasteiger partial charge in [-0.25, -0.2) is 0 Å². The molecule has 0 aliphatic heterocycles. The SMILES string of the molecule is COC(CNC(=O)CCc1ccccc1)c1ccco1. The van der Waals surface area contributed by atoms with Crippen LogP contribution in [0.5, 0.6) is 0 Å². The monoisotopic (exact) mass is 273 g/mol. The van der Waals surface area contributed by atoms with E-state index >= 15 is 0 Å². The van der Waals surface area contributed by atoms with E-state index in [-0.39, 0.29) is 12.0 Å². The van der Waals surface area contributed by atoms with Crippen molar-refractivity contribution < 1.29 is 13.9 Å². The Morgan fingerprint density at radius 2 is 2.05 bits per heavy atom. The van der Waals surface area contributed by atoms with Gasteiger partial charge in [-0.2, -0.15) is 0 Å². The van der Waals surface area contributed by atoms with Gasteiger partial charge in [-0.05, 0) is 24.1 Å². The molecular weight excluding hydrogens is 254 g/mol. The van der Waals surface area contributed by atoms with Crippen molar-refractivity contribution in [2.75, 3.05) is 13.7 Å². The summed E-state index contributed by atoms with van der Waals surface area (Å²) in [5.74, 6) is 0.735. The number of aryl methyl sites for hydroxylation is 1. The molecule has 0 aliphatic rings. The molecule has 0 radical (unpaired) electrons. The Hall–Kier alpha value is -2.07. The number of benzene rings is 1.